The first-order valence-corrected chi connectivity index (χ1v) is 11.8. The van der Waals surface area contributed by atoms with Gasteiger partial charge in [0.25, 0.3) is 0 Å². The molecule has 0 atom stereocenters. The van der Waals surface area contributed by atoms with Crippen molar-refractivity contribution >= 4 is 38.9 Å². The number of hydrogen-bond acceptors (Lipinski definition) is 4. The van der Waals surface area contributed by atoms with Gasteiger partial charge in [0.2, 0.25) is 15.9 Å². The van der Waals surface area contributed by atoms with Crippen LogP contribution in [0.25, 0.3) is 0 Å². The number of hydrogen-bond donors (Lipinski definition) is 1. The average Bonchev–Trinajstić information content (AvgIpc) is 3.19. The summed E-state index contributed by atoms with van der Waals surface area (Å²) in [5.41, 5.74) is 1.17. The summed E-state index contributed by atoms with van der Waals surface area (Å²) < 4.78 is 27.7. The summed E-state index contributed by atoms with van der Waals surface area (Å²) >= 11 is 7.09. The first-order chi connectivity index (χ1) is 12.9. The summed E-state index contributed by atoms with van der Waals surface area (Å²) in [4.78, 5) is 14.2. The van der Waals surface area contributed by atoms with Crippen LogP contribution in [0.2, 0.25) is 5.02 Å². The smallest absolute Gasteiger partial charge is 0.250 e. The third-order valence-electron chi connectivity index (χ3n) is 4.70. The SMILES string of the molecule is O=C(CCCc1ccc(Cl)cc1)N1CCC(NS(=O)(=O)c2cccs2)CC1. The highest BCUT2D eigenvalue weighted by molar-refractivity contribution is 7.91. The molecule has 1 saturated heterocycles. The molecule has 1 fully saturated rings. The van der Waals surface area contributed by atoms with Gasteiger partial charge in [-0.1, -0.05) is 29.8 Å². The second kappa shape index (κ2) is 9.19. The van der Waals surface area contributed by atoms with Crippen LogP contribution in [0, 0.1) is 0 Å². The Bertz CT molecular complexity index is 844. The molecule has 0 radical (unpaired) electrons. The maximum absolute atomic E-state index is 12.4. The number of likely N-dealkylation sites (tertiary alicyclic amines) is 1. The highest BCUT2D eigenvalue weighted by Gasteiger charge is 2.26. The van der Waals surface area contributed by atoms with E-state index in [0.717, 1.165) is 12.8 Å². The number of nitrogens with zero attached hydrogens (tertiary/aromatic N) is 1. The third kappa shape index (κ3) is 5.78. The van der Waals surface area contributed by atoms with Crippen molar-refractivity contribution < 1.29 is 13.2 Å². The van der Waals surface area contributed by atoms with E-state index in [9.17, 15) is 13.2 Å². The summed E-state index contributed by atoms with van der Waals surface area (Å²) in [7, 11) is -3.45. The number of benzene rings is 1. The number of thiophene rings is 1. The van der Waals surface area contributed by atoms with Gasteiger partial charge in [-0.05, 0) is 54.8 Å². The van der Waals surface area contributed by atoms with E-state index in [1.165, 1.54) is 16.9 Å². The molecular formula is C19H23ClN2O3S2. The number of piperidine rings is 1. The van der Waals surface area contributed by atoms with Gasteiger partial charge in [0.15, 0.2) is 0 Å². The molecule has 0 unspecified atom stereocenters. The van der Waals surface area contributed by atoms with Gasteiger partial charge in [0, 0.05) is 30.6 Å². The molecule has 1 aromatic heterocycles. The molecule has 0 saturated carbocycles. The van der Waals surface area contributed by atoms with Crippen LogP contribution >= 0.6 is 22.9 Å². The lowest BCUT2D eigenvalue weighted by Crippen LogP contribution is -2.46. The normalized spacial score (nSPS) is 15.8. The molecule has 2 aromatic rings. The number of carbonyl (C=O) groups excluding carboxylic acids is 1. The predicted molar refractivity (Wildman–Crippen MR) is 109 cm³/mol. The zero-order valence-corrected chi connectivity index (χ0v) is 17.3. The molecule has 0 bridgehead atoms. The van der Waals surface area contributed by atoms with Crippen molar-refractivity contribution in [3.63, 3.8) is 0 Å². The van der Waals surface area contributed by atoms with Gasteiger partial charge in [-0.2, -0.15) is 0 Å². The molecule has 1 N–H and O–H groups in total. The van der Waals surface area contributed by atoms with Crippen LogP contribution < -0.4 is 4.72 Å². The molecule has 0 aliphatic carbocycles. The fraction of sp³-hybridized carbons (Fsp3) is 0.421. The van der Waals surface area contributed by atoms with Crippen LogP contribution in [-0.2, 0) is 21.2 Å². The summed E-state index contributed by atoms with van der Waals surface area (Å²) in [6.07, 6.45) is 3.45. The van der Waals surface area contributed by atoms with Gasteiger partial charge in [-0.15, -0.1) is 11.3 Å². The Morgan fingerprint density at radius 2 is 1.89 bits per heavy atom. The number of rotatable bonds is 7. The lowest BCUT2D eigenvalue weighted by molar-refractivity contribution is -0.132. The number of nitrogens with one attached hydrogen (secondary N) is 1. The molecule has 27 heavy (non-hydrogen) atoms. The van der Waals surface area contributed by atoms with E-state index < -0.39 is 10.0 Å². The van der Waals surface area contributed by atoms with Gasteiger partial charge in [0.1, 0.15) is 4.21 Å². The molecular weight excluding hydrogens is 404 g/mol. The van der Waals surface area contributed by atoms with Gasteiger partial charge in [-0.3, -0.25) is 4.79 Å². The molecule has 8 heteroatoms. The number of halogens is 1. The van der Waals surface area contributed by atoms with Gasteiger partial charge in [-0.25, -0.2) is 13.1 Å². The highest BCUT2D eigenvalue weighted by Crippen LogP contribution is 2.19. The van der Waals surface area contributed by atoms with Crippen molar-refractivity contribution in [3.05, 3.63) is 52.4 Å². The first kappa shape index (κ1) is 20.3. The fourth-order valence-electron chi connectivity index (χ4n) is 3.19. The molecule has 1 amide bonds. The van der Waals surface area contributed by atoms with Crippen LogP contribution in [-0.4, -0.2) is 38.4 Å². The van der Waals surface area contributed by atoms with Crippen LogP contribution in [0.3, 0.4) is 0 Å². The summed E-state index contributed by atoms with van der Waals surface area (Å²) in [5.74, 6) is 0.142. The highest BCUT2D eigenvalue weighted by atomic mass is 35.5. The molecule has 2 heterocycles. The van der Waals surface area contributed by atoms with Crippen molar-refractivity contribution in [2.24, 2.45) is 0 Å². The molecule has 1 aromatic carbocycles. The zero-order chi connectivity index (χ0) is 19.3. The van der Waals surface area contributed by atoms with Crippen LogP contribution in [0.1, 0.15) is 31.2 Å². The Kier molecular flexibility index (Phi) is 6.92. The molecule has 1 aliphatic heterocycles. The second-order valence-electron chi connectivity index (χ2n) is 6.69. The van der Waals surface area contributed by atoms with E-state index in [1.54, 1.807) is 17.5 Å². The summed E-state index contributed by atoms with van der Waals surface area (Å²) in [6, 6.07) is 10.9. The van der Waals surface area contributed by atoms with E-state index >= 15 is 0 Å². The fourth-order valence-corrected chi connectivity index (χ4v) is 5.63. The topological polar surface area (TPSA) is 66.5 Å². The standard InChI is InChI=1S/C19H23ClN2O3S2/c20-16-8-6-15(7-9-16)3-1-4-18(23)22-12-10-17(11-13-22)21-27(24,25)19-5-2-14-26-19/h2,5-9,14,17,21H,1,3-4,10-13H2. The van der Waals surface area contributed by atoms with Gasteiger partial charge in [0.05, 0.1) is 0 Å². The Labute approximate surface area is 169 Å². The Hall–Kier alpha value is -1.41. The van der Waals surface area contributed by atoms with Crippen molar-refractivity contribution in [3.8, 4) is 0 Å². The monoisotopic (exact) mass is 426 g/mol. The zero-order valence-electron chi connectivity index (χ0n) is 14.9. The predicted octanol–water partition coefficient (Wildman–Crippen LogP) is 3.69. The van der Waals surface area contributed by atoms with Gasteiger partial charge >= 0.3 is 0 Å². The number of aryl methyl sites for hydroxylation is 1. The van der Waals surface area contributed by atoms with E-state index in [4.69, 9.17) is 11.6 Å². The number of carbonyl (C=O) groups is 1. The summed E-state index contributed by atoms with van der Waals surface area (Å²) in [6.45, 7) is 1.19. The molecule has 5 nitrogen and oxygen atoms in total. The first-order valence-electron chi connectivity index (χ1n) is 9.02. The maximum atomic E-state index is 12.4. The average molecular weight is 427 g/mol. The maximum Gasteiger partial charge on any atom is 0.250 e. The van der Waals surface area contributed by atoms with Crippen LogP contribution in [0.5, 0.6) is 0 Å². The van der Waals surface area contributed by atoms with E-state index in [1.807, 2.05) is 29.2 Å². The number of amides is 1. The molecule has 0 spiro atoms. The minimum Gasteiger partial charge on any atom is -0.343 e. The quantitative estimate of drug-likeness (QED) is 0.734. The van der Waals surface area contributed by atoms with E-state index in [0.29, 0.717) is 41.6 Å². The van der Waals surface area contributed by atoms with Crippen molar-refractivity contribution in [1.29, 1.82) is 0 Å². The Morgan fingerprint density at radius 3 is 2.52 bits per heavy atom. The van der Waals surface area contributed by atoms with E-state index in [-0.39, 0.29) is 11.9 Å². The summed E-state index contributed by atoms with van der Waals surface area (Å²) in [5, 5.41) is 2.47. The molecule has 1 aliphatic rings. The van der Waals surface area contributed by atoms with Crippen molar-refractivity contribution in [2.75, 3.05) is 13.1 Å². The van der Waals surface area contributed by atoms with Crippen LogP contribution in [0.4, 0.5) is 0 Å². The lowest BCUT2D eigenvalue weighted by atomic mass is 10.0. The lowest BCUT2D eigenvalue weighted by Gasteiger charge is -2.32. The van der Waals surface area contributed by atoms with Gasteiger partial charge < -0.3 is 4.90 Å². The third-order valence-corrected chi connectivity index (χ3v) is 7.87. The Balaban J connectivity index is 1.40. The minimum atomic E-state index is -3.45. The van der Waals surface area contributed by atoms with Crippen molar-refractivity contribution in [2.45, 2.75) is 42.4 Å². The van der Waals surface area contributed by atoms with Crippen LogP contribution in [0.15, 0.2) is 46.0 Å². The minimum absolute atomic E-state index is 0.116. The second-order valence-corrected chi connectivity index (χ2v) is 10.0. The number of sulfonamides is 1. The van der Waals surface area contributed by atoms with Crippen molar-refractivity contribution in [1.82, 2.24) is 9.62 Å². The Morgan fingerprint density at radius 1 is 1.19 bits per heavy atom. The molecule has 146 valence electrons. The largest absolute Gasteiger partial charge is 0.343 e. The van der Waals surface area contributed by atoms with E-state index in [2.05, 4.69) is 4.72 Å². The molecule has 3 rings (SSSR count).